The van der Waals surface area contributed by atoms with Crippen molar-refractivity contribution >= 4 is 21.4 Å². The lowest BCUT2D eigenvalue weighted by molar-refractivity contribution is 0.399. The molecular weight excluding hydrogens is 292 g/mol. The normalized spacial score (nSPS) is 24.5. The summed E-state index contributed by atoms with van der Waals surface area (Å²) in [5.41, 5.74) is 0. The standard InChI is InChI=1S/C14H24N2O2S2/c1-11-6-4-3-5-7-14(11)16-20(17,18)13-8-12(9-15-2)19-10-13/h8,10-11,14-16H,3-7,9H2,1-2H3. The Morgan fingerprint density at radius 1 is 1.30 bits per heavy atom. The molecule has 0 radical (unpaired) electrons. The van der Waals surface area contributed by atoms with Gasteiger partial charge >= 0.3 is 0 Å². The van der Waals surface area contributed by atoms with Gasteiger partial charge in [-0.1, -0.05) is 26.2 Å². The molecule has 0 amide bonds. The van der Waals surface area contributed by atoms with Gasteiger partial charge in [0.2, 0.25) is 10.0 Å². The van der Waals surface area contributed by atoms with Crippen LogP contribution in [0, 0.1) is 5.92 Å². The van der Waals surface area contributed by atoms with Crippen molar-refractivity contribution < 1.29 is 8.42 Å². The first-order chi connectivity index (χ1) is 9.53. The molecule has 1 aliphatic carbocycles. The molecule has 0 aliphatic heterocycles. The third-order valence-electron chi connectivity index (χ3n) is 3.96. The predicted molar refractivity (Wildman–Crippen MR) is 83.4 cm³/mol. The summed E-state index contributed by atoms with van der Waals surface area (Å²) in [6.07, 6.45) is 5.61. The van der Waals surface area contributed by atoms with E-state index in [9.17, 15) is 8.42 Å². The molecule has 2 N–H and O–H groups in total. The number of hydrogen-bond donors (Lipinski definition) is 2. The van der Waals surface area contributed by atoms with E-state index in [1.807, 2.05) is 7.05 Å². The summed E-state index contributed by atoms with van der Waals surface area (Å²) in [4.78, 5) is 1.45. The molecule has 4 nitrogen and oxygen atoms in total. The Balaban J connectivity index is 2.08. The van der Waals surface area contributed by atoms with Crippen LogP contribution in [0.25, 0.3) is 0 Å². The van der Waals surface area contributed by atoms with Crippen molar-refractivity contribution in [3.63, 3.8) is 0 Å². The van der Waals surface area contributed by atoms with Crippen molar-refractivity contribution in [2.45, 2.75) is 56.5 Å². The Labute approximate surface area is 126 Å². The Kier molecular flexibility index (Phi) is 5.60. The summed E-state index contributed by atoms with van der Waals surface area (Å²) < 4.78 is 27.8. The number of nitrogens with one attached hydrogen (secondary N) is 2. The molecule has 1 aliphatic rings. The fourth-order valence-corrected chi connectivity index (χ4v) is 5.37. The lowest BCUT2D eigenvalue weighted by Crippen LogP contribution is -2.38. The second-order valence-electron chi connectivity index (χ2n) is 5.62. The SMILES string of the molecule is CNCc1cc(S(=O)(=O)NC2CCCCCC2C)cs1. The highest BCUT2D eigenvalue weighted by atomic mass is 32.2. The Morgan fingerprint density at radius 3 is 2.80 bits per heavy atom. The van der Waals surface area contributed by atoms with Gasteiger partial charge in [-0.05, 0) is 31.9 Å². The molecule has 0 spiro atoms. The molecule has 1 fully saturated rings. The summed E-state index contributed by atoms with van der Waals surface area (Å²) in [5, 5.41) is 4.77. The van der Waals surface area contributed by atoms with Gasteiger partial charge in [-0.25, -0.2) is 13.1 Å². The third-order valence-corrected chi connectivity index (χ3v) is 6.51. The number of rotatable bonds is 5. The number of sulfonamides is 1. The predicted octanol–water partition coefficient (Wildman–Crippen LogP) is 2.71. The molecule has 1 heterocycles. The lowest BCUT2D eigenvalue weighted by Gasteiger charge is -2.22. The van der Waals surface area contributed by atoms with Crippen molar-refractivity contribution in [1.82, 2.24) is 10.0 Å². The molecular formula is C14H24N2O2S2. The molecule has 20 heavy (non-hydrogen) atoms. The van der Waals surface area contributed by atoms with Gasteiger partial charge in [0.1, 0.15) is 0 Å². The fourth-order valence-electron chi connectivity index (χ4n) is 2.70. The first kappa shape index (κ1) is 15.9. The number of thiophene rings is 1. The van der Waals surface area contributed by atoms with Crippen LogP contribution >= 0.6 is 11.3 Å². The zero-order chi connectivity index (χ0) is 14.6. The smallest absolute Gasteiger partial charge is 0.241 e. The minimum atomic E-state index is -3.37. The summed E-state index contributed by atoms with van der Waals surface area (Å²) >= 11 is 1.49. The largest absolute Gasteiger partial charge is 0.315 e. The molecule has 0 bridgehead atoms. The monoisotopic (exact) mass is 316 g/mol. The van der Waals surface area contributed by atoms with Gasteiger partial charge in [-0.3, -0.25) is 0 Å². The van der Waals surface area contributed by atoms with E-state index in [0.29, 0.717) is 17.4 Å². The summed E-state index contributed by atoms with van der Waals surface area (Å²) in [6.45, 7) is 2.86. The van der Waals surface area contributed by atoms with Crippen molar-refractivity contribution in [2.24, 2.45) is 5.92 Å². The van der Waals surface area contributed by atoms with Gasteiger partial charge in [-0.2, -0.15) is 0 Å². The van der Waals surface area contributed by atoms with Crippen LogP contribution in [-0.2, 0) is 16.6 Å². The highest BCUT2D eigenvalue weighted by molar-refractivity contribution is 7.89. The average Bonchev–Trinajstić information content (AvgIpc) is 2.78. The second kappa shape index (κ2) is 7.02. The Bertz CT molecular complexity index is 525. The lowest BCUT2D eigenvalue weighted by atomic mass is 9.98. The van der Waals surface area contributed by atoms with Crippen LogP contribution in [0.1, 0.15) is 43.9 Å². The van der Waals surface area contributed by atoms with Gasteiger partial charge in [0.15, 0.2) is 0 Å². The molecule has 1 saturated carbocycles. The van der Waals surface area contributed by atoms with Crippen LogP contribution in [0.3, 0.4) is 0 Å². The highest BCUT2D eigenvalue weighted by Gasteiger charge is 2.26. The van der Waals surface area contributed by atoms with Crippen LogP contribution < -0.4 is 10.0 Å². The van der Waals surface area contributed by atoms with Crippen molar-refractivity contribution in [3.05, 3.63) is 16.3 Å². The fraction of sp³-hybridized carbons (Fsp3) is 0.714. The zero-order valence-corrected chi connectivity index (χ0v) is 13.8. The molecule has 0 saturated heterocycles. The highest BCUT2D eigenvalue weighted by Crippen LogP contribution is 2.25. The van der Waals surface area contributed by atoms with E-state index >= 15 is 0 Å². The van der Waals surface area contributed by atoms with Crippen LogP contribution in [-0.4, -0.2) is 21.5 Å². The third kappa shape index (κ3) is 4.04. The van der Waals surface area contributed by atoms with Crippen LogP contribution in [0.4, 0.5) is 0 Å². The van der Waals surface area contributed by atoms with E-state index in [0.717, 1.165) is 24.1 Å². The van der Waals surface area contributed by atoms with Gasteiger partial charge in [0.25, 0.3) is 0 Å². The number of hydrogen-bond acceptors (Lipinski definition) is 4. The maximum absolute atomic E-state index is 12.5. The van der Waals surface area contributed by atoms with E-state index < -0.39 is 10.0 Å². The minimum absolute atomic E-state index is 0.0788. The van der Waals surface area contributed by atoms with E-state index in [-0.39, 0.29) is 6.04 Å². The molecule has 2 unspecified atom stereocenters. The Morgan fingerprint density at radius 2 is 2.05 bits per heavy atom. The maximum Gasteiger partial charge on any atom is 0.241 e. The molecule has 1 aromatic rings. The summed E-state index contributed by atoms with van der Waals surface area (Å²) in [5.74, 6) is 0.419. The van der Waals surface area contributed by atoms with Gasteiger partial charge in [-0.15, -0.1) is 11.3 Å². The molecule has 1 aromatic heterocycles. The van der Waals surface area contributed by atoms with Gasteiger partial charge in [0.05, 0.1) is 4.90 Å². The minimum Gasteiger partial charge on any atom is -0.315 e. The second-order valence-corrected chi connectivity index (χ2v) is 8.33. The van der Waals surface area contributed by atoms with Crippen molar-refractivity contribution in [2.75, 3.05) is 7.05 Å². The molecule has 114 valence electrons. The summed E-state index contributed by atoms with van der Waals surface area (Å²) in [6, 6.07) is 1.85. The topological polar surface area (TPSA) is 58.2 Å². The molecule has 0 aromatic carbocycles. The van der Waals surface area contributed by atoms with Crippen molar-refractivity contribution in [3.8, 4) is 0 Å². The zero-order valence-electron chi connectivity index (χ0n) is 12.2. The maximum atomic E-state index is 12.5. The van der Waals surface area contributed by atoms with E-state index in [1.54, 1.807) is 11.4 Å². The summed E-state index contributed by atoms with van der Waals surface area (Å²) in [7, 11) is -1.51. The molecule has 2 atom stereocenters. The first-order valence-corrected chi connectivity index (χ1v) is 9.63. The van der Waals surface area contributed by atoms with Crippen molar-refractivity contribution in [1.29, 1.82) is 0 Å². The van der Waals surface area contributed by atoms with Gasteiger partial charge in [0, 0.05) is 22.8 Å². The van der Waals surface area contributed by atoms with Gasteiger partial charge < -0.3 is 5.32 Å². The molecule has 2 rings (SSSR count). The Hall–Kier alpha value is -0.430. The van der Waals surface area contributed by atoms with Crippen LogP contribution in [0.5, 0.6) is 0 Å². The molecule has 6 heteroatoms. The van der Waals surface area contributed by atoms with Crippen LogP contribution in [0.15, 0.2) is 16.3 Å². The first-order valence-electron chi connectivity index (χ1n) is 7.27. The van der Waals surface area contributed by atoms with E-state index in [2.05, 4.69) is 17.0 Å². The average molecular weight is 316 g/mol. The quantitative estimate of drug-likeness (QED) is 0.821. The van der Waals surface area contributed by atoms with E-state index in [4.69, 9.17) is 0 Å². The van der Waals surface area contributed by atoms with Crippen LogP contribution in [0.2, 0.25) is 0 Å². The van der Waals surface area contributed by atoms with E-state index in [1.165, 1.54) is 24.2 Å².